The standard InChI is InChI=1S/C15H14BrN3O3/c1-22-15(21)10-4-5-11(17-6-10)8-19-13(9-2-3-9)18-7-12(16)14(19)20/h4-7,9H,2-3,8H2,1H3. The van der Waals surface area contributed by atoms with Crippen LogP contribution < -0.4 is 5.56 Å². The lowest BCUT2D eigenvalue weighted by molar-refractivity contribution is 0.0600. The molecule has 114 valence electrons. The second-order valence-electron chi connectivity index (χ2n) is 5.16. The van der Waals surface area contributed by atoms with E-state index in [9.17, 15) is 9.59 Å². The van der Waals surface area contributed by atoms with E-state index < -0.39 is 5.97 Å². The summed E-state index contributed by atoms with van der Waals surface area (Å²) in [6, 6.07) is 3.36. The number of esters is 1. The molecule has 2 heterocycles. The van der Waals surface area contributed by atoms with Crippen molar-refractivity contribution in [3.63, 3.8) is 0 Å². The molecule has 0 aliphatic heterocycles. The van der Waals surface area contributed by atoms with Gasteiger partial charge in [0.25, 0.3) is 5.56 Å². The van der Waals surface area contributed by atoms with Crippen LogP contribution in [-0.4, -0.2) is 27.6 Å². The highest BCUT2D eigenvalue weighted by molar-refractivity contribution is 9.10. The van der Waals surface area contributed by atoms with Crippen LogP contribution in [0.3, 0.4) is 0 Å². The molecule has 6 nitrogen and oxygen atoms in total. The Kier molecular flexibility index (Phi) is 4.06. The van der Waals surface area contributed by atoms with Crippen LogP contribution in [0.1, 0.15) is 40.6 Å². The van der Waals surface area contributed by atoms with Gasteiger partial charge >= 0.3 is 5.97 Å². The molecule has 0 atom stereocenters. The Morgan fingerprint density at radius 3 is 2.73 bits per heavy atom. The summed E-state index contributed by atoms with van der Waals surface area (Å²) in [6.45, 7) is 0.332. The molecule has 0 bridgehead atoms. The Labute approximate surface area is 135 Å². The number of rotatable bonds is 4. The molecule has 7 heteroatoms. The lowest BCUT2D eigenvalue weighted by Crippen LogP contribution is -2.26. The van der Waals surface area contributed by atoms with Crippen LogP contribution in [-0.2, 0) is 11.3 Å². The molecule has 1 saturated carbocycles. The van der Waals surface area contributed by atoms with E-state index in [2.05, 4.69) is 30.6 Å². The van der Waals surface area contributed by atoms with Gasteiger partial charge in [0.05, 0.1) is 24.9 Å². The fraction of sp³-hybridized carbons (Fsp3) is 0.333. The van der Waals surface area contributed by atoms with E-state index in [0.717, 1.165) is 18.7 Å². The predicted octanol–water partition coefficient (Wildman–Crippen LogP) is 2.11. The number of hydrogen-bond acceptors (Lipinski definition) is 5. The Bertz CT molecular complexity index is 767. The van der Waals surface area contributed by atoms with E-state index in [1.54, 1.807) is 22.9 Å². The zero-order valence-electron chi connectivity index (χ0n) is 12.0. The van der Waals surface area contributed by atoms with Crippen LogP contribution in [0, 0.1) is 0 Å². The minimum atomic E-state index is -0.431. The molecule has 1 aliphatic rings. The van der Waals surface area contributed by atoms with E-state index in [1.807, 2.05) is 0 Å². The largest absolute Gasteiger partial charge is 0.465 e. The highest BCUT2D eigenvalue weighted by Crippen LogP contribution is 2.38. The van der Waals surface area contributed by atoms with Gasteiger partial charge in [0.2, 0.25) is 0 Å². The van der Waals surface area contributed by atoms with E-state index >= 15 is 0 Å². The van der Waals surface area contributed by atoms with Gasteiger partial charge in [-0.15, -0.1) is 0 Å². The molecule has 0 saturated heterocycles. The average Bonchev–Trinajstić information content (AvgIpc) is 3.37. The first-order valence-electron chi connectivity index (χ1n) is 6.88. The minimum Gasteiger partial charge on any atom is -0.465 e. The summed E-state index contributed by atoms with van der Waals surface area (Å²) in [5.41, 5.74) is 0.959. The number of nitrogens with zero attached hydrogens (tertiary/aromatic N) is 3. The number of ether oxygens (including phenoxy) is 1. The van der Waals surface area contributed by atoms with E-state index in [-0.39, 0.29) is 5.56 Å². The van der Waals surface area contributed by atoms with Gasteiger partial charge in [0, 0.05) is 18.3 Å². The van der Waals surface area contributed by atoms with Crippen LogP contribution in [0.4, 0.5) is 0 Å². The van der Waals surface area contributed by atoms with Crippen LogP contribution in [0.25, 0.3) is 0 Å². The summed E-state index contributed by atoms with van der Waals surface area (Å²) in [5.74, 6) is 0.723. The fourth-order valence-corrected chi connectivity index (χ4v) is 2.54. The third-order valence-corrected chi connectivity index (χ3v) is 4.09. The monoisotopic (exact) mass is 363 g/mol. The molecule has 2 aromatic rings. The van der Waals surface area contributed by atoms with Crippen LogP contribution in [0.5, 0.6) is 0 Å². The van der Waals surface area contributed by atoms with Gasteiger partial charge < -0.3 is 4.74 Å². The molecule has 1 fully saturated rings. The number of halogens is 1. The summed E-state index contributed by atoms with van der Waals surface area (Å²) in [5, 5.41) is 0. The number of methoxy groups -OCH3 is 1. The quantitative estimate of drug-likeness (QED) is 0.777. The van der Waals surface area contributed by atoms with Crippen molar-refractivity contribution in [2.45, 2.75) is 25.3 Å². The Balaban J connectivity index is 1.91. The van der Waals surface area contributed by atoms with Gasteiger partial charge in [-0.25, -0.2) is 9.78 Å². The first-order valence-corrected chi connectivity index (χ1v) is 7.68. The normalized spacial score (nSPS) is 13.9. The van der Waals surface area contributed by atoms with E-state index in [1.165, 1.54) is 13.3 Å². The van der Waals surface area contributed by atoms with Crippen LogP contribution in [0.15, 0.2) is 33.8 Å². The number of carbonyl (C=O) groups excluding carboxylic acids is 1. The smallest absolute Gasteiger partial charge is 0.339 e. The molecule has 0 N–H and O–H groups in total. The van der Waals surface area contributed by atoms with E-state index in [0.29, 0.717) is 28.2 Å². The number of aromatic nitrogens is 3. The molecule has 22 heavy (non-hydrogen) atoms. The maximum Gasteiger partial charge on any atom is 0.339 e. The highest BCUT2D eigenvalue weighted by atomic mass is 79.9. The molecule has 0 aromatic carbocycles. The van der Waals surface area contributed by atoms with Gasteiger partial charge in [-0.2, -0.15) is 0 Å². The van der Waals surface area contributed by atoms with Crippen molar-refractivity contribution in [3.05, 3.63) is 56.4 Å². The first-order chi connectivity index (χ1) is 10.6. The van der Waals surface area contributed by atoms with Gasteiger partial charge in [0.1, 0.15) is 10.3 Å². The summed E-state index contributed by atoms with van der Waals surface area (Å²) in [7, 11) is 1.32. The Morgan fingerprint density at radius 1 is 1.36 bits per heavy atom. The zero-order valence-corrected chi connectivity index (χ0v) is 13.5. The van der Waals surface area contributed by atoms with E-state index in [4.69, 9.17) is 0 Å². The predicted molar refractivity (Wildman–Crippen MR) is 82.9 cm³/mol. The first kappa shape index (κ1) is 14.9. The van der Waals surface area contributed by atoms with Gasteiger partial charge in [-0.3, -0.25) is 14.3 Å². The third kappa shape index (κ3) is 2.94. The maximum atomic E-state index is 12.3. The summed E-state index contributed by atoms with van der Waals surface area (Å²) in [6.07, 6.45) is 5.13. The number of hydrogen-bond donors (Lipinski definition) is 0. The lowest BCUT2D eigenvalue weighted by atomic mass is 10.2. The Hall–Kier alpha value is -2.02. The molecular weight excluding hydrogens is 350 g/mol. The van der Waals surface area contributed by atoms with Gasteiger partial charge in [-0.1, -0.05) is 0 Å². The Morgan fingerprint density at radius 2 is 2.14 bits per heavy atom. The minimum absolute atomic E-state index is 0.115. The third-order valence-electron chi connectivity index (χ3n) is 3.54. The highest BCUT2D eigenvalue weighted by Gasteiger charge is 2.29. The summed E-state index contributed by atoms with van der Waals surface area (Å²) >= 11 is 3.23. The lowest BCUT2D eigenvalue weighted by Gasteiger charge is -2.11. The van der Waals surface area contributed by atoms with Crippen molar-refractivity contribution >= 4 is 21.9 Å². The molecule has 0 amide bonds. The van der Waals surface area contributed by atoms with Crippen molar-refractivity contribution in [2.75, 3.05) is 7.11 Å². The number of carbonyl (C=O) groups is 1. The number of pyridine rings is 1. The van der Waals surface area contributed by atoms with Crippen LogP contribution in [0.2, 0.25) is 0 Å². The van der Waals surface area contributed by atoms with Crippen molar-refractivity contribution < 1.29 is 9.53 Å². The maximum absolute atomic E-state index is 12.3. The fourth-order valence-electron chi connectivity index (χ4n) is 2.22. The van der Waals surface area contributed by atoms with Crippen molar-refractivity contribution in [1.29, 1.82) is 0 Å². The van der Waals surface area contributed by atoms with Gasteiger partial charge in [-0.05, 0) is 40.9 Å². The van der Waals surface area contributed by atoms with Crippen molar-refractivity contribution in [1.82, 2.24) is 14.5 Å². The molecule has 3 rings (SSSR count). The SMILES string of the molecule is COC(=O)c1ccc(Cn2c(C3CC3)ncc(Br)c2=O)nc1. The van der Waals surface area contributed by atoms with Crippen LogP contribution >= 0.6 is 15.9 Å². The molecular formula is C15H14BrN3O3. The average molecular weight is 364 g/mol. The van der Waals surface area contributed by atoms with Crippen molar-refractivity contribution in [3.8, 4) is 0 Å². The van der Waals surface area contributed by atoms with Crippen molar-refractivity contribution in [2.24, 2.45) is 0 Å². The second kappa shape index (κ2) is 6.00. The molecule has 0 radical (unpaired) electrons. The molecule has 2 aromatic heterocycles. The zero-order chi connectivity index (χ0) is 15.7. The topological polar surface area (TPSA) is 74.1 Å². The summed E-state index contributed by atoms with van der Waals surface area (Å²) < 4.78 is 6.71. The second-order valence-corrected chi connectivity index (χ2v) is 6.01. The summed E-state index contributed by atoms with van der Waals surface area (Å²) in [4.78, 5) is 32.3. The molecule has 0 spiro atoms. The molecule has 0 unspecified atom stereocenters. The van der Waals surface area contributed by atoms with Gasteiger partial charge in [0.15, 0.2) is 0 Å². The molecule has 1 aliphatic carbocycles.